The molecule has 1 fully saturated rings. The van der Waals surface area contributed by atoms with Crippen LogP contribution in [-0.4, -0.2) is 7.05 Å². The summed E-state index contributed by atoms with van der Waals surface area (Å²) in [5.74, 6) is 1.72. The molecule has 86 valence electrons. The molecule has 1 aromatic rings. The van der Waals surface area contributed by atoms with E-state index in [-0.39, 0.29) is 0 Å². The molecule has 0 saturated heterocycles. The molecule has 1 nitrogen and oxygen atoms in total. The zero-order chi connectivity index (χ0) is 11.2. The molecular formula is C15H21N. The maximum absolute atomic E-state index is 3.66. The van der Waals surface area contributed by atoms with Crippen molar-refractivity contribution in [2.24, 2.45) is 11.8 Å². The van der Waals surface area contributed by atoms with Gasteiger partial charge in [-0.2, -0.15) is 0 Å². The molecule has 1 N–H and O–H groups in total. The highest BCUT2D eigenvalue weighted by atomic mass is 15.0. The van der Waals surface area contributed by atoms with Crippen LogP contribution in [0, 0.1) is 11.8 Å². The van der Waals surface area contributed by atoms with Crippen LogP contribution >= 0.6 is 0 Å². The third-order valence-electron chi connectivity index (χ3n) is 4.83. The minimum absolute atomic E-state index is 0.295. The Balaban J connectivity index is 2.06. The van der Waals surface area contributed by atoms with Crippen LogP contribution in [0.25, 0.3) is 0 Å². The zero-order valence-corrected chi connectivity index (χ0v) is 10.3. The third-order valence-corrected chi connectivity index (χ3v) is 4.83. The minimum Gasteiger partial charge on any atom is -0.310 e. The molecule has 3 atom stereocenters. The molecule has 0 unspecified atom stereocenters. The summed E-state index contributed by atoms with van der Waals surface area (Å²) < 4.78 is 0. The summed E-state index contributed by atoms with van der Waals surface area (Å²) in [6, 6.07) is 9.03. The van der Waals surface area contributed by atoms with E-state index in [0.29, 0.717) is 5.54 Å². The van der Waals surface area contributed by atoms with E-state index in [0.717, 1.165) is 11.8 Å². The molecule has 1 saturated carbocycles. The monoisotopic (exact) mass is 215 g/mol. The van der Waals surface area contributed by atoms with E-state index in [1.165, 1.54) is 25.7 Å². The molecule has 1 heteroatoms. The average molecular weight is 215 g/mol. The van der Waals surface area contributed by atoms with Crippen LogP contribution in [0.2, 0.25) is 0 Å². The third kappa shape index (κ3) is 1.27. The Morgan fingerprint density at radius 1 is 1.31 bits per heavy atom. The fourth-order valence-corrected chi connectivity index (χ4v) is 3.96. The molecule has 0 spiro atoms. The predicted octanol–water partition coefficient (Wildman–Crippen LogP) is 3.09. The van der Waals surface area contributed by atoms with Crippen molar-refractivity contribution in [3.63, 3.8) is 0 Å². The van der Waals surface area contributed by atoms with Crippen molar-refractivity contribution in [3.05, 3.63) is 35.4 Å². The van der Waals surface area contributed by atoms with E-state index < -0.39 is 0 Å². The highest BCUT2D eigenvalue weighted by molar-refractivity contribution is 5.40. The van der Waals surface area contributed by atoms with Crippen molar-refractivity contribution in [3.8, 4) is 0 Å². The molecule has 0 bridgehead atoms. The lowest BCUT2D eigenvalue weighted by Crippen LogP contribution is -2.47. The summed E-state index contributed by atoms with van der Waals surface area (Å²) in [5.41, 5.74) is 3.45. The molecule has 2 aliphatic rings. The fraction of sp³-hybridized carbons (Fsp3) is 0.600. The maximum atomic E-state index is 3.66. The Morgan fingerprint density at radius 2 is 2.12 bits per heavy atom. The summed E-state index contributed by atoms with van der Waals surface area (Å²) in [5, 5.41) is 3.66. The van der Waals surface area contributed by atoms with Crippen LogP contribution in [-0.2, 0) is 12.0 Å². The summed E-state index contributed by atoms with van der Waals surface area (Å²) in [7, 11) is 2.14. The summed E-state index contributed by atoms with van der Waals surface area (Å²) >= 11 is 0. The second-order valence-electron chi connectivity index (χ2n) is 5.66. The Kier molecular flexibility index (Phi) is 2.32. The summed E-state index contributed by atoms with van der Waals surface area (Å²) in [6.07, 6.45) is 5.34. The van der Waals surface area contributed by atoms with E-state index in [4.69, 9.17) is 0 Å². The molecule has 1 aromatic carbocycles. The van der Waals surface area contributed by atoms with Gasteiger partial charge in [-0.25, -0.2) is 0 Å². The highest BCUT2D eigenvalue weighted by Crippen LogP contribution is 2.50. The lowest BCUT2D eigenvalue weighted by atomic mass is 9.69. The van der Waals surface area contributed by atoms with Crippen LogP contribution in [0.4, 0.5) is 0 Å². The Hall–Kier alpha value is -0.820. The first-order valence-electron chi connectivity index (χ1n) is 6.53. The molecule has 0 heterocycles. The van der Waals surface area contributed by atoms with Crippen LogP contribution in [0.5, 0.6) is 0 Å². The predicted molar refractivity (Wildman–Crippen MR) is 67.4 cm³/mol. The van der Waals surface area contributed by atoms with Gasteiger partial charge in [0.1, 0.15) is 0 Å². The number of hydrogen-bond donors (Lipinski definition) is 1. The van der Waals surface area contributed by atoms with Gasteiger partial charge in [0, 0.05) is 5.54 Å². The van der Waals surface area contributed by atoms with E-state index in [1.54, 1.807) is 11.1 Å². The largest absolute Gasteiger partial charge is 0.310 e. The van der Waals surface area contributed by atoms with Gasteiger partial charge < -0.3 is 5.32 Å². The van der Waals surface area contributed by atoms with Crippen molar-refractivity contribution < 1.29 is 0 Å². The highest BCUT2D eigenvalue weighted by Gasteiger charge is 2.47. The molecule has 0 aromatic heterocycles. The van der Waals surface area contributed by atoms with Crippen LogP contribution in [0.15, 0.2) is 24.3 Å². The first-order valence-corrected chi connectivity index (χ1v) is 6.53. The van der Waals surface area contributed by atoms with Crippen LogP contribution in [0.3, 0.4) is 0 Å². The molecule has 0 radical (unpaired) electrons. The van der Waals surface area contributed by atoms with Gasteiger partial charge in [-0.15, -0.1) is 0 Å². The first kappa shape index (κ1) is 10.3. The van der Waals surface area contributed by atoms with Gasteiger partial charge in [0.25, 0.3) is 0 Å². The van der Waals surface area contributed by atoms with Crippen molar-refractivity contribution in [1.29, 1.82) is 0 Å². The first-order chi connectivity index (χ1) is 7.76. The fourth-order valence-electron chi connectivity index (χ4n) is 3.96. The van der Waals surface area contributed by atoms with Crippen molar-refractivity contribution in [2.75, 3.05) is 7.05 Å². The summed E-state index contributed by atoms with van der Waals surface area (Å²) in [4.78, 5) is 0. The second kappa shape index (κ2) is 3.59. The van der Waals surface area contributed by atoms with E-state index in [9.17, 15) is 0 Å². The Morgan fingerprint density at radius 3 is 2.94 bits per heavy atom. The van der Waals surface area contributed by atoms with Crippen LogP contribution < -0.4 is 5.32 Å². The topological polar surface area (TPSA) is 12.0 Å². The smallest absolute Gasteiger partial charge is 0.0466 e. The van der Waals surface area contributed by atoms with Crippen molar-refractivity contribution in [2.45, 2.75) is 38.1 Å². The molecule has 16 heavy (non-hydrogen) atoms. The average Bonchev–Trinajstić information content (AvgIpc) is 2.63. The van der Waals surface area contributed by atoms with Gasteiger partial charge in [0.2, 0.25) is 0 Å². The van der Waals surface area contributed by atoms with E-state index in [1.807, 2.05) is 0 Å². The normalized spacial score (nSPS) is 36.9. The lowest BCUT2D eigenvalue weighted by Gasteiger charge is -2.42. The maximum Gasteiger partial charge on any atom is 0.0466 e. The number of hydrogen-bond acceptors (Lipinski definition) is 1. The van der Waals surface area contributed by atoms with Gasteiger partial charge in [0.15, 0.2) is 0 Å². The lowest BCUT2D eigenvalue weighted by molar-refractivity contribution is 0.135. The van der Waals surface area contributed by atoms with E-state index >= 15 is 0 Å². The number of rotatable bonds is 1. The molecule has 3 rings (SSSR count). The van der Waals surface area contributed by atoms with Crippen molar-refractivity contribution in [1.82, 2.24) is 5.32 Å². The molecule has 0 amide bonds. The molecule has 2 aliphatic carbocycles. The van der Waals surface area contributed by atoms with Gasteiger partial charge in [0.05, 0.1) is 0 Å². The minimum atomic E-state index is 0.295. The SMILES string of the molecule is CN[C@]12CC[C@H](C)C[C@@H]1Cc1ccccc12. The number of fused-ring (bicyclic) bond motifs is 3. The molecule has 0 aliphatic heterocycles. The molecular weight excluding hydrogens is 194 g/mol. The standard InChI is InChI=1S/C15H21N/c1-11-7-8-15(16-2)13(9-11)10-12-5-3-4-6-14(12)15/h3-6,11,13,16H,7-10H2,1-2H3/t11-,13+,15+/m0/s1. The van der Waals surface area contributed by atoms with Crippen molar-refractivity contribution >= 4 is 0 Å². The number of benzene rings is 1. The van der Waals surface area contributed by atoms with E-state index in [2.05, 4.69) is 43.6 Å². The Labute approximate surface area is 98.3 Å². The van der Waals surface area contributed by atoms with Gasteiger partial charge in [-0.05, 0) is 55.7 Å². The Bertz CT molecular complexity index is 398. The van der Waals surface area contributed by atoms with Gasteiger partial charge >= 0.3 is 0 Å². The second-order valence-corrected chi connectivity index (χ2v) is 5.66. The quantitative estimate of drug-likeness (QED) is 0.759. The van der Waals surface area contributed by atoms with Gasteiger partial charge in [-0.1, -0.05) is 31.2 Å². The zero-order valence-electron chi connectivity index (χ0n) is 10.3. The number of nitrogens with one attached hydrogen (secondary N) is 1. The summed E-state index contributed by atoms with van der Waals surface area (Å²) in [6.45, 7) is 2.41. The van der Waals surface area contributed by atoms with Gasteiger partial charge in [-0.3, -0.25) is 0 Å². The van der Waals surface area contributed by atoms with Crippen LogP contribution in [0.1, 0.15) is 37.3 Å².